The number of hydrogen-bond acceptors (Lipinski definition) is 2. The number of aryl methyl sites for hydroxylation is 1. The molecule has 1 atom stereocenters. The summed E-state index contributed by atoms with van der Waals surface area (Å²) in [6, 6.07) is 15.6. The molecule has 1 aliphatic heterocycles. The van der Waals surface area contributed by atoms with Crippen molar-refractivity contribution in [3.05, 3.63) is 63.6 Å². The summed E-state index contributed by atoms with van der Waals surface area (Å²) in [5, 5.41) is 3.42. The minimum Gasteiger partial charge on any atom is -0.493 e. The molecule has 1 N–H and O–H groups in total. The Balaban J connectivity index is 1.66. The summed E-state index contributed by atoms with van der Waals surface area (Å²) in [4.78, 5) is 0. The lowest BCUT2D eigenvalue weighted by atomic mass is 9.98. The lowest BCUT2D eigenvalue weighted by molar-refractivity contribution is 0.357. The van der Waals surface area contributed by atoms with Gasteiger partial charge in [-0.3, -0.25) is 0 Å². The Kier molecular flexibility index (Phi) is 4.61. The van der Waals surface area contributed by atoms with Crippen molar-refractivity contribution in [3.8, 4) is 5.75 Å². The standard InChI is InChI=1S/C18H20BrNO/c1-20-17(14-4-6-16(19)7-5-14)8-2-13-3-9-18-15(12-13)10-11-21-18/h3-7,9,12,17,20H,2,8,10-11H2,1H3. The Morgan fingerprint density at radius 1 is 1.19 bits per heavy atom. The van der Waals surface area contributed by atoms with Crippen molar-refractivity contribution in [2.24, 2.45) is 0 Å². The van der Waals surface area contributed by atoms with E-state index in [1.807, 2.05) is 7.05 Å². The third kappa shape index (κ3) is 3.47. The average Bonchev–Trinajstić information content (AvgIpc) is 2.97. The summed E-state index contributed by atoms with van der Waals surface area (Å²) in [6.45, 7) is 0.830. The van der Waals surface area contributed by atoms with Gasteiger partial charge in [0.25, 0.3) is 0 Å². The monoisotopic (exact) mass is 345 g/mol. The molecule has 110 valence electrons. The highest BCUT2D eigenvalue weighted by Gasteiger charge is 2.13. The van der Waals surface area contributed by atoms with E-state index in [1.54, 1.807) is 0 Å². The summed E-state index contributed by atoms with van der Waals surface area (Å²) in [5.41, 5.74) is 4.10. The fraction of sp³-hybridized carbons (Fsp3) is 0.333. The van der Waals surface area contributed by atoms with Crippen molar-refractivity contribution < 1.29 is 4.74 Å². The lowest BCUT2D eigenvalue weighted by Gasteiger charge is -2.17. The predicted molar refractivity (Wildman–Crippen MR) is 89.9 cm³/mol. The zero-order chi connectivity index (χ0) is 14.7. The normalized spacial score (nSPS) is 14.6. The van der Waals surface area contributed by atoms with E-state index in [9.17, 15) is 0 Å². The van der Waals surface area contributed by atoms with Crippen LogP contribution >= 0.6 is 15.9 Å². The Hall–Kier alpha value is -1.32. The summed E-state index contributed by atoms with van der Waals surface area (Å²) >= 11 is 3.49. The van der Waals surface area contributed by atoms with E-state index >= 15 is 0 Å². The van der Waals surface area contributed by atoms with Gasteiger partial charge in [-0.1, -0.05) is 40.2 Å². The van der Waals surface area contributed by atoms with Gasteiger partial charge in [0.2, 0.25) is 0 Å². The molecular formula is C18H20BrNO. The molecule has 2 aromatic rings. The molecule has 1 heterocycles. The molecule has 1 unspecified atom stereocenters. The maximum atomic E-state index is 5.56. The first kappa shape index (κ1) is 14.6. The van der Waals surface area contributed by atoms with Gasteiger partial charge in [-0.05, 0) is 54.8 Å². The summed E-state index contributed by atoms with van der Waals surface area (Å²) in [7, 11) is 2.03. The molecule has 3 rings (SSSR count). The molecule has 0 saturated heterocycles. The molecule has 0 spiro atoms. The first-order valence-electron chi connectivity index (χ1n) is 7.43. The van der Waals surface area contributed by atoms with Crippen LogP contribution in [0.3, 0.4) is 0 Å². The minimum absolute atomic E-state index is 0.391. The second kappa shape index (κ2) is 6.63. The van der Waals surface area contributed by atoms with Crippen molar-refractivity contribution in [3.63, 3.8) is 0 Å². The second-order valence-corrected chi connectivity index (χ2v) is 6.39. The first-order valence-corrected chi connectivity index (χ1v) is 8.23. The van der Waals surface area contributed by atoms with E-state index in [1.165, 1.54) is 16.7 Å². The predicted octanol–water partition coefficient (Wildman–Crippen LogP) is 4.28. The van der Waals surface area contributed by atoms with E-state index in [4.69, 9.17) is 4.74 Å². The molecule has 0 saturated carbocycles. The molecule has 0 aromatic heterocycles. The maximum absolute atomic E-state index is 5.56. The van der Waals surface area contributed by atoms with Crippen LogP contribution in [0, 0.1) is 0 Å². The van der Waals surface area contributed by atoms with Crippen molar-refractivity contribution in [2.75, 3.05) is 13.7 Å². The number of nitrogens with one attached hydrogen (secondary N) is 1. The summed E-state index contributed by atoms with van der Waals surface area (Å²) in [5.74, 6) is 1.07. The van der Waals surface area contributed by atoms with Crippen LogP contribution in [-0.4, -0.2) is 13.7 Å². The highest BCUT2D eigenvalue weighted by Crippen LogP contribution is 2.27. The van der Waals surface area contributed by atoms with Crippen LogP contribution < -0.4 is 10.1 Å². The minimum atomic E-state index is 0.391. The maximum Gasteiger partial charge on any atom is 0.122 e. The van der Waals surface area contributed by atoms with E-state index in [0.29, 0.717) is 6.04 Å². The Bertz CT molecular complexity index is 609. The summed E-state index contributed by atoms with van der Waals surface area (Å²) in [6.07, 6.45) is 3.22. The van der Waals surface area contributed by atoms with Gasteiger partial charge in [-0.15, -0.1) is 0 Å². The topological polar surface area (TPSA) is 21.3 Å². The second-order valence-electron chi connectivity index (χ2n) is 5.47. The third-order valence-corrected chi connectivity index (χ3v) is 4.63. The molecular weight excluding hydrogens is 326 g/mol. The Labute approximate surface area is 134 Å². The number of halogens is 1. The fourth-order valence-corrected chi connectivity index (χ4v) is 3.14. The van der Waals surface area contributed by atoms with E-state index in [2.05, 4.69) is 63.7 Å². The van der Waals surface area contributed by atoms with Gasteiger partial charge >= 0.3 is 0 Å². The molecule has 0 bridgehead atoms. The number of ether oxygens (including phenoxy) is 1. The van der Waals surface area contributed by atoms with Crippen LogP contribution in [-0.2, 0) is 12.8 Å². The van der Waals surface area contributed by atoms with Gasteiger partial charge in [0.15, 0.2) is 0 Å². The Morgan fingerprint density at radius 3 is 2.76 bits per heavy atom. The highest BCUT2D eigenvalue weighted by atomic mass is 79.9. The van der Waals surface area contributed by atoms with Crippen molar-refractivity contribution in [2.45, 2.75) is 25.3 Å². The molecule has 0 aliphatic carbocycles. The first-order chi connectivity index (χ1) is 10.3. The fourth-order valence-electron chi connectivity index (χ4n) is 2.88. The van der Waals surface area contributed by atoms with Gasteiger partial charge in [0, 0.05) is 16.9 Å². The third-order valence-electron chi connectivity index (χ3n) is 4.10. The quantitative estimate of drug-likeness (QED) is 0.873. The van der Waals surface area contributed by atoms with E-state index in [-0.39, 0.29) is 0 Å². The smallest absolute Gasteiger partial charge is 0.122 e. The van der Waals surface area contributed by atoms with Gasteiger partial charge in [0.05, 0.1) is 6.61 Å². The number of hydrogen-bond donors (Lipinski definition) is 1. The van der Waals surface area contributed by atoms with Crippen molar-refractivity contribution in [1.29, 1.82) is 0 Å². The molecule has 0 radical (unpaired) electrons. The van der Waals surface area contributed by atoms with Crippen LogP contribution in [0.25, 0.3) is 0 Å². The zero-order valence-electron chi connectivity index (χ0n) is 12.2. The molecule has 0 fully saturated rings. The number of fused-ring (bicyclic) bond motifs is 1. The Morgan fingerprint density at radius 2 is 2.00 bits per heavy atom. The van der Waals surface area contributed by atoms with Gasteiger partial charge < -0.3 is 10.1 Å². The average molecular weight is 346 g/mol. The molecule has 21 heavy (non-hydrogen) atoms. The molecule has 0 amide bonds. The van der Waals surface area contributed by atoms with Crippen molar-refractivity contribution >= 4 is 15.9 Å². The molecule has 3 heteroatoms. The van der Waals surface area contributed by atoms with Gasteiger partial charge in [-0.2, -0.15) is 0 Å². The van der Waals surface area contributed by atoms with Crippen molar-refractivity contribution in [1.82, 2.24) is 5.32 Å². The largest absolute Gasteiger partial charge is 0.493 e. The summed E-state index contributed by atoms with van der Waals surface area (Å²) < 4.78 is 6.69. The molecule has 2 aromatic carbocycles. The zero-order valence-corrected chi connectivity index (χ0v) is 13.8. The SMILES string of the molecule is CNC(CCc1ccc2c(c1)CCO2)c1ccc(Br)cc1. The van der Waals surface area contributed by atoms with E-state index in [0.717, 1.165) is 36.1 Å². The number of rotatable bonds is 5. The lowest BCUT2D eigenvalue weighted by Crippen LogP contribution is -2.17. The number of benzene rings is 2. The molecule has 1 aliphatic rings. The van der Waals surface area contributed by atoms with Crippen LogP contribution in [0.4, 0.5) is 0 Å². The van der Waals surface area contributed by atoms with Gasteiger partial charge in [0.1, 0.15) is 5.75 Å². The highest BCUT2D eigenvalue weighted by molar-refractivity contribution is 9.10. The molecule has 2 nitrogen and oxygen atoms in total. The van der Waals surface area contributed by atoms with Crippen LogP contribution in [0.1, 0.15) is 29.2 Å². The van der Waals surface area contributed by atoms with E-state index < -0.39 is 0 Å². The van der Waals surface area contributed by atoms with Gasteiger partial charge in [-0.25, -0.2) is 0 Å². The van der Waals surface area contributed by atoms with Crippen LogP contribution in [0.5, 0.6) is 5.75 Å². The van der Waals surface area contributed by atoms with Crippen LogP contribution in [0.2, 0.25) is 0 Å². The van der Waals surface area contributed by atoms with Crippen LogP contribution in [0.15, 0.2) is 46.9 Å².